The van der Waals surface area contributed by atoms with E-state index in [2.05, 4.69) is 0 Å². The van der Waals surface area contributed by atoms with Gasteiger partial charge in [-0.3, -0.25) is 19.9 Å². The maximum Gasteiger partial charge on any atom is 0.328 e. The molecule has 122 valence electrons. The molecule has 4 N–H and O–H groups in total. The van der Waals surface area contributed by atoms with Crippen molar-refractivity contribution in [1.82, 2.24) is 9.80 Å². The van der Waals surface area contributed by atoms with E-state index in [1.807, 2.05) is 0 Å². The number of likely N-dealkylation sites (N-methyl/N-ethyl adjacent to an activating group) is 1. The summed E-state index contributed by atoms with van der Waals surface area (Å²) in [4.78, 5) is 38.0. The van der Waals surface area contributed by atoms with Crippen molar-refractivity contribution in [3.8, 4) is 0 Å². The van der Waals surface area contributed by atoms with Crippen molar-refractivity contribution in [3.05, 3.63) is 35.4 Å². The lowest BCUT2D eigenvalue weighted by molar-refractivity contribution is -0.143. The molecule has 1 aliphatic rings. The third-order valence-corrected chi connectivity index (χ3v) is 4.03. The number of imide groups is 1. The maximum atomic E-state index is 12.7. The summed E-state index contributed by atoms with van der Waals surface area (Å²) < 4.78 is 0. The molecule has 0 unspecified atom stereocenters. The van der Waals surface area contributed by atoms with Crippen LogP contribution in [0.25, 0.3) is 0 Å². The standard InChI is InChI=1S/C15H18N4O4/c1-3-19-14(23)18(8-11(20)21)13(22)15(19,2)10-6-4-9(5-7-10)12(16)17/h4-7H,3,8H2,1-2H3,(H3,16,17)(H,20,21)/t15-/m0/s1. The number of carboxylic acids is 1. The van der Waals surface area contributed by atoms with Crippen LogP contribution in [0.15, 0.2) is 24.3 Å². The monoisotopic (exact) mass is 318 g/mol. The molecule has 8 heteroatoms. The summed E-state index contributed by atoms with van der Waals surface area (Å²) in [5, 5.41) is 16.3. The number of amides is 3. The molecule has 3 amide bonds. The summed E-state index contributed by atoms with van der Waals surface area (Å²) in [5.41, 5.74) is 5.16. The number of carbonyl (C=O) groups excluding carboxylic acids is 2. The molecule has 1 saturated heterocycles. The summed E-state index contributed by atoms with van der Waals surface area (Å²) >= 11 is 0. The van der Waals surface area contributed by atoms with Crippen LogP contribution in [0.3, 0.4) is 0 Å². The van der Waals surface area contributed by atoms with E-state index in [1.54, 1.807) is 38.1 Å². The highest BCUT2D eigenvalue weighted by Gasteiger charge is 2.55. The van der Waals surface area contributed by atoms with Gasteiger partial charge in [0, 0.05) is 12.1 Å². The first-order valence-corrected chi connectivity index (χ1v) is 7.03. The topological polar surface area (TPSA) is 128 Å². The van der Waals surface area contributed by atoms with E-state index in [0.29, 0.717) is 11.1 Å². The molecule has 1 heterocycles. The van der Waals surface area contributed by atoms with Gasteiger partial charge >= 0.3 is 12.0 Å². The lowest BCUT2D eigenvalue weighted by Gasteiger charge is -2.31. The molecule has 23 heavy (non-hydrogen) atoms. The number of benzene rings is 1. The van der Waals surface area contributed by atoms with Crippen molar-refractivity contribution < 1.29 is 19.5 Å². The molecule has 0 radical (unpaired) electrons. The number of urea groups is 1. The largest absolute Gasteiger partial charge is 0.480 e. The number of nitrogens with one attached hydrogen (secondary N) is 1. The highest BCUT2D eigenvalue weighted by Crippen LogP contribution is 2.37. The van der Waals surface area contributed by atoms with Gasteiger partial charge in [0.2, 0.25) is 0 Å². The Balaban J connectivity index is 2.48. The number of nitrogens with zero attached hydrogens (tertiary/aromatic N) is 2. The Hall–Kier alpha value is -2.90. The molecule has 8 nitrogen and oxygen atoms in total. The van der Waals surface area contributed by atoms with Gasteiger partial charge in [-0.25, -0.2) is 4.79 Å². The summed E-state index contributed by atoms with van der Waals surface area (Å²) in [6, 6.07) is 5.80. The Kier molecular flexibility index (Phi) is 4.09. The number of hydrogen-bond donors (Lipinski definition) is 3. The normalized spacial score (nSPS) is 21.0. The zero-order chi connectivity index (χ0) is 17.4. The van der Waals surface area contributed by atoms with Gasteiger partial charge in [0.05, 0.1) is 0 Å². The van der Waals surface area contributed by atoms with Gasteiger partial charge in [-0.2, -0.15) is 0 Å². The first kappa shape index (κ1) is 16.5. The van der Waals surface area contributed by atoms with Crippen molar-refractivity contribution in [2.45, 2.75) is 19.4 Å². The molecule has 0 bridgehead atoms. The van der Waals surface area contributed by atoms with Crippen LogP contribution in [0.5, 0.6) is 0 Å². The Morgan fingerprint density at radius 1 is 1.30 bits per heavy atom. The van der Waals surface area contributed by atoms with E-state index in [-0.39, 0.29) is 12.4 Å². The number of aliphatic carboxylic acids is 1. The fourth-order valence-electron chi connectivity index (χ4n) is 2.78. The molecule has 1 aromatic carbocycles. The first-order chi connectivity index (χ1) is 10.7. The van der Waals surface area contributed by atoms with Crippen molar-refractivity contribution in [2.75, 3.05) is 13.1 Å². The summed E-state index contributed by atoms with van der Waals surface area (Å²) in [6.45, 7) is 2.89. The number of nitrogen functional groups attached to an aromatic ring is 1. The summed E-state index contributed by atoms with van der Waals surface area (Å²) in [7, 11) is 0. The number of nitrogens with two attached hydrogens (primary N) is 1. The number of carboxylic acid groups (broad SMARTS) is 1. The molecule has 0 aliphatic carbocycles. The zero-order valence-corrected chi connectivity index (χ0v) is 12.9. The van der Waals surface area contributed by atoms with E-state index >= 15 is 0 Å². The Morgan fingerprint density at radius 2 is 1.87 bits per heavy atom. The van der Waals surface area contributed by atoms with Crippen molar-refractivity contribution in [2.24, 2.45) is 5.73 Å². The zero-order valence-electron chi connectivity index (χ0n) is 12.9. The van der Waals surface area contributed by atoms with Gasteiger partial charge < -0.3 is 15.7 Å². The Labute approximate surface area is 133 Å². The molecule has 0 spiro atoms. The van der Waals surface area contributed by atoms with Crippen LogP contribution in [-0.4, -0.2) is 51.7 Å². The minimum atomic E-state index is -1.28. The highest BCUT2D eigenvalue weighted by molar-refractivity contribution is 6.08. The smallest absolute Gasteiger partial charge is 0.328 e. The van der Waals surface area contributed by atoms with Crippen LogP contribution in [0.4, 0.5) is 4.79 Å². The van der Waals surface area contributed by atoms with Gasteiger partial charge in [-0.05, 0) is 19.4 Å². The third kappa shape index (κ3) is 2.52. The minimum absolute atomic E-state index is 0.102. The predicted octanol–water partition coefficient (Wildman–Crippen LogP) is 0.555. The average Bonchev–Trinajstić information content (AvgIpc) is 2.68. The van der Waals surface area contributed by atoms with Crippen LogP contribution >= 0.6 is 0 Å². The molecule has 1 aliphatic heterocycles. The maximum absolute atomic E-state index is 12.7. The molecule has 1 atom stereocenters. The second kappa shape index (κ2) is 5.71. The molecule has 0 saturated carbocycles. The molecule has 0 aromatic heterocycles. The van der Waals surface area contributed by atoms with E-state index in [1.165, 1.54) is 4.90 Å². The molecular formula is C15H18N4O4. The molecule has 1 fully saturated rings. The lowest BCUT2D eigenvalue weighted by atomic mass is 9.89. The van der Waals surface area contributed by atoms with Crippen LogP contribution in [0.1, 0.15) is 25.0 Å². The van der Waals surface area contributed by atoms with Gasteiger partial charge in [0.25, 0.3) is 5.91 Å². The van der Waals surface area contributed by atoms with Crippen LogP contribution in [-0.2, 0) is 15.1 Å². The number of hydrogen-bond acceptors (Lipinski definition) is 4. The lowest BCUT2D eigenvalue weighted by Crippen LogP contribution is -2.44. The van der Waals surface area contributed by atoms with Gasteiger partial charge in [0.15, 0.2) is 0 Å². The van der Waals surface area contributed by atoms with Gasteiger partial charge in [-0.1, -0.05) is 24.3 Å². The fraction of sp³-hybridized carbons (Fsp3) is 0.333. The molecule has 2 rings (SSSR count). The van der Waals surface area contributed by atoms with Crippen molar-refractivity contribution in [1.29, 1.82) is 5.41 Å². The Morgan fingerprint density at radius 3 is 2.30 bits per heavy atom. The SMILES string of the molecule is CCN1C(=O)N(CC(=O)O)C(=O)[C@]1(C)c1ccc(C(=N)N)cc1. The van der Waals surface area contributed by atoms with Crippen LogP contribution < -0.4 is 5.73 Å². The highest BCUT2D eigenvalue weighted by atomic mass is 16.4. The number of rotatable bonds is 5. The summed E-state index contributed by atoms with van der Waals surface area (Å²) in [6.07, 6.45) is 0. The molecular weight excluding hydrogens is 300 g/mol. The van der Waals surface area contributed by atoms with Crippen LogP contribution in [0, 0.1) is 5.41 Å². The number of carbonyl (C=O) groups is 3. The minimum Gasteiger partial charge on any atom is -0.480 e. The second-order valence-electron chi connectivity index (χ2n) is 5.38. The summed E-state index contributed by atoms with van der Waals surface area (Å²) in [5.74, 6) is -1.93. The van der Waals surface area contributed by atoms with Crippen molar-refractivity contribution in [3.63, 3.8) is 0 Å². The second-order valence-corrected chi connectivity index (χ2v) is 5.38. The van der Waals surface area contributed by atoms with Crippen LogP contribution in [0.2, 0.25) is 0 Å². The molecule has 1 aromatic rings. The van der Waals surface area contributed by atoms with E-state index in [9.17, 15) is 14.4 Å². The number of amidine groups is 1. The quantitative estimate of drug-likeness (QED) is 0.415. The van der Waals surface area contributed by atoms with E-state index in [0.717, 1.165) is 4.90 Å². The fourth-order valence-corrected chi connectivity index (χ4v) is 2.78. The van der Waals surface area contributed by atoms with Gasteiger partial charge in [0.1, 0.15) is 17.9 Å². The van der Waals surface area contributed by atoms with E-state index in [4.69, 9.17) is 16.2 Å². The van der Waals surface area contributed by atoms with Gasteiger partial charge in [-0.15, -0.1) is 0 Å². The average molecular weight is 318 g/mol. The Bertz CT molecular complexity index is 685. The third-order valence-electron chi connectivity index (χ3n) is 4.03. The predicted molar refractivity (Wildman–Crippen MR) is 81.9 cm³/mol. The van der Waals surface area contributed by atoms with Crippen molar-refractivity contribution >= 4 is 23.7 Å². The first-order valence-electron chi connectivity index (χ1n) is 7.03. The van der Waals surface area contributed by atoms with E-state index < -0.39 is 30.0 Å².